The number of carbonyl (C=O) groups excluding carboxylic acids is 1. The number of para-hydroxylation sites is 1. The van der Waals surface area contributed by atoms with Gasteiger partial charge in [-0.05, 0) is 80.4 Å². The van der Waals surface area contributed by atoms with Gasteiger partial charge in [0.2, 0.25) is 4.96 Å². The fourth-order valence-corrected chi connectivity index (χ4v) is 7.49. The van der Waals surface area contributed by atoms with Gasteiger partial charge in [-0.15, -0.1) is 5.10 Å². The highest BCUT2D eigenvalue weighted by atomic mass is 32.1. The van der Waals surface area contributed by atoms with Crippen LogP contribution in [0.5, 0.6) is 0 Å². The summed E-state index contributed by atoms with van der Waals surface area (Å²) in [7, 11) is 0. The van der Waals surface area contributed by atoms with Crippen molar-refractivity contribution in [1.29, 1.82) is 0 Å². The van der Waals surface area contributed by atoms with Crippen LogP contribution >= 0.6 is 11.3 Å². The van der Waals surface area contributed by atoms with E-state index >= 15 is 0 Å². The van der Waals surface area contributed by atoms with E-state index in [0.717, 1.165) is 57.8 Å². The molecule has 0 bridgehead atoms. The number of ether oxygens (including phenoxy) is 1. The van der Waals surface area contributed by atoms with Gasteiger partial charge in [0.1, 0.15) is 16.0 Å². The Labute approximate surface area is 269 Å². The number of fused-ring (bicyclic) bond motifs is 2. The average molecular weight is 635 g/mol. The molecule has 2 atom stereocenters. The van der Waals surface area contributed by atoms with Crippen LogP contribution in [0.4, 0.5) is 5.69 Å². The molecule has 5 heterocycles. The van der Waals surface area contributed by atoms with E-state index in [0.29, 0.717) is 34.8 Å². The molecule has 3 aromatic carbocycles. The number of piperidine rings is 1. The van der Waals surface area contributed by atoms with Gasteiger partial charge in [0.05, 0.1) is 29.7 Å². The molecule has 2 unspecified atom stereocenters. The summed E-state index contributed by atoms with van der Waals surface area (Å²) >= 11 is 1.56. The van der Waals surface area contributed by atoms with Gasteiger partial charge in [0.15, 0.2) is 0 Å². The number of benzene rings is 3. The lowest BCUT2D eigenvalue weighted by Gasteiger charge is -2.44. The first-order valence-corrected chi connectivity index (χ1v) is 16.5. The van der Waals surface area contributed by atoms with Crippen molar-refractivity contribution in [2.24, 2.45) is 0 Å². The maximum Gasteiger partial charge on any atom is 0.365 e. The quantitative estimate of drug-likeness (QED) is 0.228. The first-order chi connectivity index (χ1) is 22.5. The molecule has 2 fully saturated rings. The zero-order chi connectivity index (χ0) is 31.2. The molecule has 0 spiro atoms. The van der Waals surface area contributed by atoms with Crippen molar-refractivity contribution in [3.8, 4) is 21.8 Å². The summed E-state index contributed by atoms with van der Waals surface area (Å²) in [6.07, 6.45) is 4.90. The van der Waals surface area contributed by atoms with Gasteiger partial charge in [-0.3, -0.25) is 4.90 Å². The van der Waals surface area contributed by atoms with Crippen LogP contribution in [0.25, 0.3) is 37.8 Å². The Morgan fingerprint density at radius 1 is 0.913 bits per heavy atom. The molecule has 0 radical (unpaired) electrons. The molecule has 12 heteroatoms. The molecule has 3 aromatic heterocycles. The molecule has 6 aromatic rings. The van der Waals surface area contributed by atoms with E-state index < -0.39 is 5.97 Å². The normalized spacial score (nSPS) is 19.7. The Morgan fingerprint density at radius 2 is 1.63 bits per heavy atom. The smallest absolute Gasteiger partial charge is 0.365 e. The number of anilines is 1. The van der Waals surface area contributed by atoms with Gasteiger partial charge in [-0.25, -0.2) is 14.3 Å². The molecule has 2 saturated heterocycles. The largest absolute Gasteiger partial charge is 0.373 e. The first kappa shape index (κ1) is 28.8. The lowest BCUT2D eigenvalue weighted by molar-refractivity contribution is -0.0826. The third-order valence-electron chi connectivity index (χ3n) is 8.86. The van der Waals surface area contributed by atoms with E-state index in [1.54, 1.807) is 29.5 Å². The molecular weight excluding hydrogens is 600 g/mol. The summed E-state index contributed by atoms with van der Waals surface area (Å²) in [5, 5.41) is 13.7. The van der Waals surface area contributed by atoms with Crippen LogP contribution in [0.15, 0.2) is 79.0 Å². The van der Waals surface area contributed by atoms with Crippen molar-refractivity contribution in [2.75, 3.05) is 31.1 Å². The summed E-state index contributed by atoms with van der Waals surface area (Å²) < 4.78 is 7.76. The molecule has 8 rings (SSSR count). The summed E-state index contributed by atoms with van der Waals surface area (Å²) in [5.74, 6) is -0.521. The lowest BCUT2D eigenvalue weighted by Crippen LogP contribution is -2.53. The topological polar surface area (TPSA) is 103 Å². The Hall–Kier alpha value is -4.65. The van der Waals surface area contributed by atoms with Crippen LogP contribution in [-0.4, -0.2) is 85.1 Å². The van der Waals surface area contributed by atoms with Crippen molar-refractivity contribution in [2.45, 2.75) is 44.9 Å². The van der Waals surface area contributed by atoms with Crippen LogP contribution in [0, 0.1) is 0 Å². The van der Waals surface area contributed by atoms with Crippen LogP contribution in [0.1, 0.15) is 37.0 Å². The van der Waals surface area contributed by atoms with Crippen LogP contribution < -0.4 is 9.74 Å². The Bertz CT molecular complexity index is 1950. The van der Waals surface area contributed by atoms with Crippen molar-refractivity contribution >= 4 is 39.0 Å². The average Bonchev–Trinajstić information content (AvgIpc) is 3.79. The molecule has 11 nitrogen and oxygen atoms in total. The molecule has 234 valence electrons. The second-order valence-corrected chi connectivity index (χ2v) is 13.1. The number of hydrogen-bond acceptors (Lipinski definition) is 10. The molecule has 0 N–H and O–H groups in total. The number of imidazole rings is 1. The zero-order valence-corrected chi connectivity index (χ0v) is 26.5. The molecule has 2 aliphatic heterocycles. The summed E-state index contributed by atoms with van der Waals surface area (Å²) in [4.78, 5) is 30.1. The highest BCUT2D eigenvalue weighted by molar-refractivity contribution is 7.19. The number of morpholine rings is 1. The van der Waals surface area contributed by atoms with Gasteiger partial charge < -0.3 is 14.5 Å². The van der Waals surface area contributed by atoms with E-state index in [4.69, 9.17) is 19.7 Å². The summed E-state index contributed by atoms with van der Waals surface area (Å²) in [6.45, 7) is 8.58. The predicted molar refractivity (Wildman–Crippen MR) is 177 cm³/mol. The molecule has 2 aliphatic rings. The van der Waals surface area contributed by atoms with Gasteiger partial charge in [-0.1, -0.05) is 40.4 Å². The SMILES string of the molecule is CC1CN(C2CCN(c3ccc(-c4nn5cc(-c6ccc(C(=O)On7nnc8ccccc87)cc6)nc5s4)cc3)CC2)CC(C)O1. The van der Waals surface area contributed by atoms with Crippen LogP contribution in [-0.2, 0) is 4.74 Å². The van der Waals surface area contributed by atoms with Crippen molar-refractivity contribution in [3.05, 3.63) is 84.6 Å². The minimum absolute atomic E-state index is 0.313. The Balaban J connectivity index is 0.899. The van der Waals surface area contributed by atoms with Gasteiger partial charge in [-0.2, -0.15) is 5.10 Å². The fourth-order valence-electron chi connectivity index (χ4n) is 6.60. The maximum absolute atomic E-state index is 12.7. The van der Waals surface area contributed by atoms with E-state index in [-0.39, 0.29) is 0 Å². The second-order valence-electron chi connectivity index (χ2n) is 12.1. The third kappa shape index (κ3) is 5.63. The van der Waals surface area contributed by atoms with Crippen molar-refractivity contribution in [1.82, 2.24) is 34.7 Å². The number of carbonyl (C=O) groups is 1. The molecule has 0 aliphatic carbocycles. The third-order valence-corrected chi connectivity index (χ3v) is 9.83. The number of hydrogen-bond donors (Lipinski definition) is 0. The second kappa shape index (κ2) is 11.9. The number of rotatable bonds is 6. The Morgan fingerprint density at radius 3 is 2.37 bits per heavy atom. The summed E-state index contributed by atoms with van der Waals surface area (Å²) in [5.41, 5.74) is 5.68. The van der Waals surface area contributed by atoms with Gasteiger partial charge >= 0.3 is 5.97 Å². The highest BCUT2D eigenvalue weighted by Gasteiger charge is 2.30. The van der Waals surface area contributed by atoms with Gasteiger partial charge in [0, 0.05) is 49.0 Å². The molecule has 0 saturated carbocycles. The van der Waals surface area contributed by atoms with Crippen molar-refractivity contribution in [3.63, 3.8) is 0 Å². The van der Waals surface area contributed by atoms with E-state index in [9.17, 15) is 4.79 Å². The number of aromatic nitrogens is 6. The minimum atomic E-state index is -0.521. The monoisotopic (exact) mass is 634 g/mol. The molecular formula is C34H34N8O3S. The van der Waals surface area contributed by atoms with Crippen LogP contribution in [0.3, 0.4) is 0 Å². The predicted octanol–water partition coefficient (Wildman–Crippen LogP) is 5.22. The van der Waals surface area contributed by atoms with E-state index in [1.165, 1.54) is 18.5 Å². The van der Waals surface area contributed by atoms with Crippen molar-refractivity contribution < 1.29 is 14.4 Å². The standard InChI is InChI=1S/C34H34N8O3S/c1-22-19-40(20-23(2)44-22)28-15-17-39(18-16-28)27-13-11-25(12-14-27)32-37-41-21-30(35-34(41)46-32)24-7-9-26(10-8-24)33(43)45-42-31-6-4-3-5-29(31)36-38-42/h3-14,21-23,28H,15-20H2,1-2H3. The highest BCUT2D eigenvalue weighted by Crippen LogP contribution is 2.31. The maximum atomic E-state index is 12.7. The summed E-state index contributed by atoms with van der Waals surface area (Å²) in [6, 6.07) is 23.8. The van der Waals surface area contributed by atoms with Gasteiger partial charge in [0.25, 0.3) is 0 Å². The fraction of sp³-hybridized carbons (Fsp3) is 0.324. The Kier molecular flexibility index (Phi) is 7.47. The molecule has 46 heavy (non-hydrogen) atoms. The minimum Gasteiger partial charge on any atom is -0.373 e. The lowest BCUT2D eigenvalue weighted by atomic mass is 10.0. The molecule has 0 amide bonds. The van der Waals surface area contributed by atoms with Crippen LogP contribution in [0.2, 0.25) is 0 Å². The van der Waals surface area contributed by atoms with E-state index in [2.05, 4.69) is 58.2 Å². The first-order valence-electron chi connectivity index (χ1n) is 15.7. The zero-order valence-electron chi connectivity index (χ0n) is 25.7. The number of nitrogens with zero attached hydrogens (tertiary/aromatic N) is 8. The van der Waals surface area contributed by atoms with E-state index in [1.807, 2.05) is 41.0 Å².